The van der Waals surface area contributed by atoms with Crippen LogP contribution in [0.2, 0.25) is 0 Å². The molecule has 1 aromatic heterocycles. The predicted molar refractivity (Wildman–Crippen MR) is 56.1 cm³/mol. The van der Waals surface area contributed by atoms with Gasteiger partial charge in [0.1, 0.15) is 18.5 Å². The summed E-state index contributed by atoms with van der Waals surface area (Å²) in [6.07, 6.45) is -1.12. The molecule has 0 unspecified atom stereocenters. The van der Waals surface area contributed by atoms with Gasteiger partial charge in [-0.2, -0.15) is 0 Å². The van der Waals surface area contributed by atoms with Gasteiger partial charge in [0, 0.05) is 0 Å². The van der Waals surface area contributed by atoms with Gasteiger partial charge in [-0.05, 0) is 12.1 Å². The van der Waals surface area contributed by atoms with E-state index < -0.39 is 30.5 Å². The van der Waals surface area contributed by atoms with Crippen LogP contribution in [0.3, 0.4) is 0 Å². The maximum absolute atomic E-state index is 11.2. The molecule has 2 rings (SSSR count). The summed E-state index contributed by atoms with van der Waals surface area (Å²) in [5, 5.41) is 27.7. The Morgan fingerprint density at radius 2 is 2.28 bits per heavy atom. The normalized spacial score (nSPS) is 21.0. The van der Waals surface area contributed by atoms with Gasteiger partial charge in [-0.25, -0.2) is 4.79 Å². The molecule has 1 aromatic rings. The van der Waals surface area contributed by atoms with E-state index in [1.54, 1.807) is 12.1 Å². The fraction of sp³-hybridized carbons (Fsp3) is 0.364. The van der Waals surface area contributed by atoms with Crippen molar-refractivity contribution in [2.45, 2.75) is 18.8 Å². The van der Waals surface area contributed by atoms with Crippen molar-refractivity contribution in [2.75, 3.05) is 6.61 Å². The molecule has 2 heterocycles. The van der Waals surface area contributed by atoms with E-state index in [-0.39, 0.29) is 12.4 Å². The molecule has 0 radical (unpaired) electrons. The Labute approximate surface area is 102 Å². The highest BCUT2D eigenvalue weighted by Gasteiger charge is 2.40. The van der Waals surface area contributed by atoms with Crippen LogP contribution in [0.4, 0.5) is 0 Å². The van der Waals surface area contributed by atoms with E-state index in [2.05, 4.69) is 4.74 Å². The third-order valence-electron chi connectivity index (χ3n) is 2.41. The third kappa shape index (κ3) is 2.31. The molecule has 0 spiro atoms. The molecule has 0 saturated carbocycles. The summed E-state index contributed by atoms with van der Waals surface area (Å²) in [4.78, 5) is 11.2. The van der Waals surface area contributed by atoms with E-state index in [1.807, 2.05) is 0 Å². The second-order valence-electron chi connectivity index (χ2n) is 3.66. The van der Waals surface area contributed by atoms with Crippen molar-refractivity contribution < 1.29 is 34.0 Å². The van der Waals surface area contributed by atoms with Gasteiger partial charge in [-0.1, -0.05) is 0 Å². The van der Waals surface area contributed by atoms with Crippen LogP contribution in [0.25, 0.3) is 0 Å². The number of esters is 1. The smallest absolute Gasteiger partial charge is 0.378 e. The van der Waals surface area contributed by atoms with E-state index in [9.17, 15) is 15.0 Å². The van der Waals surface area contributed by atoms with Crippen LogP contribution >= 0.6 is 0 Å². The monoisotopic (exact) mass is 256 g/mol. The average Bonchev–Trinajstić information content (AvgIpc) is 2.97. The fourth-order valence-electron chi connectivity index (χ4n) is 1.50. The Morgan fingerprint density at radius 1 is 1.50 bits per heavy atom. The molecule has 98 valence electrons. The van der Waals surface area contributed by atoms with Crippen LogP contribution in [0, 0.1) is 0 Å². The summed E-state index contributed by atoms with van der Waals surface area (Å²) in [5.41, 5.74) is 0. The number of carbonyl (C=O) groups is 1. The Hall–Kier alpha value is -1.99. The molecule has 2 atom stereocenters. The largest absolute Gasteiger partial charge is 0.499 e. The zero-order valence-electron chi connectivity index (χ0n) is 9.28. The van der Waals surface area contributed by atoms with Gasteiger partial charge >= 0.3 is 5.97 Å². The minimum Gasteiger partial charge on any atom is -0.499 e. The van der Waals surface area contributed by atoms with Crippen LogP contribution < -0.4 is 0 Å². The van der Waals surface area contributed by atoms with E-state index >= 15 is 0 Å². The van der Waals surface area contributed by atoms with Gasteiger partial charge < -0.3 is 29.2 Å². The highest BCUT2D eigenvalue weighted by Crippen LogP contribution is 2.25. The zero-order valence-corrected chi connectivity index (χ0v) is 9.28. The number of cyclic esters (lactones) is 1. The van der Waals surface area contributed by atoms with Crippen molar-refractivity contribution in [3.63, 3.8) is 0 Å². The molecular formula is C11H12O7. The molecule has 0 fully saturated rings. The van der Waals surface area contributed by atoms with Crippen LogP contribution in [0.15, 0.2) is 34.3 Å². The molecule has 0 amide bonds. The first-order valence-electron chi connectivity index (χ1n) is 5.21. The average molecular weight is 256 g/mol. The van der Waals surface area contributed by atoms with Crippen molar-refractivity contribution >= 4 is 5.97 Å². The molecule has 3 N–H and O–H groups in total. The first-order chi connectivity index (χ1) is 8.63. The minimum atomic E-state index is -1.36. The van der Waals surface area contributed by atoms with Crippen molar-refractivity contribution in [3.8, 4) is 0 Å². The molecule has 0 bridgehead atoms. The number of hydrogen-bond donors (Lipinski definition) is 3. The Morgan fingerprint density at radius 3 is 2.89 bits per heavy atom. The molecule has 7 heteroatoms. The van der Waals surface area contributed by atoms with Crippen LogP contribution in [-0.4, -0.2) is 40.1 Å². The lowest BCUT2D eigenvalue weighted by atomic mass is 10.2. The molecule has 7 nitrogen and oxygen atoms in total. The SMILES string of the molecule is O=C1O[C@H]([C@@H](O)CO)C(OCc2ccco2)=C1O. The molecular weight excluding hydrogens is 244 g/mol. The molecule has 0 aromatic carbocycles. The third-order valence-corrected chi connectivity index (χ3v) is 2.41. The highest BCUT2D eigenvalue weighted by molar-refractivity contribution is 5.89. The van der Waals surface area contributed by atoms with Crippen molar-refractivity contribution in [3.05, 3.63) is 35.7 Å². The van der Waals surface area contributed by atoms with E-state index in [0.717, 1.165) is 0 Å². The molecule has 0 aliphatic carbocycles. The van der Waals surface area contributed by atoms with Crippen molar-refractivity contribution in [1.29, 1.82) is 0 Å². The molecule has 1 aliphatic heterocycles. The standard InChI is InChI=1S/C11H12O7/c12-4-7(13)9-10(8(14)11(15)18-9)17-5-6-2-1-3-16-6/h1-3,7,9,12-14H,4-5H2/t7-,9+/m0/s1. The van der Waals surface area contributed by atoms with E-state index in [0.29, 0.717) is 5.76 Å². The summed E-state index contributed by atoms with van der Waals surface area (Å²) >= 11 is 0. The van der Waals surface area contributed by atoms with Crippen LogP contribution in [-0.2, 0) is 20.9 Å². The number of hydrogen-bond acceptors (Lipinski definition) is 7. The molecule has 1 aliphatic rings. The van der Waals surface area contributed by atoms with Gasteiger partial charge in [0.05, 0.1) is 12.9 Å². The fourth-order valence-corrected chi connectivity index (χ4v) is 1.50. The topological polar surface area (TPSA) is 109 Å². The number of furan rings is 1. The van der Waals surface area contributed by atoms with Gasteiger partial charge in [-0.3, -0.25) is 0 Å². The van der Waals surface area contributed by atoms with Gasteiger partial charge in [0.2, 0.25) is 5.76 Å². The lowest BCUT2D eigenvalue weighted by Crippen LogP contribution is -2.32. The second kappa shape index (κ2) is 5.11. The maximum Gasteiger partial charge on any atom is 0.378 e. The summed E-state index contributed by atoms with van der Waals surface area (Å²) in [6, 6.07) is 3.30. The highest BCUT2D eigenvalue weighted by atomic mass is 16.6. The summed E-state index contributed by atoms with van der Waals surface area (Å²) in [6.45, 7) is -0.656. The number of ether oxygens (including phenoxy) is 2. The van der Waals surface area contributed by atoms with E-state index in [1.165, 1.54) is 6.26 Å². The number of aliphatic hydroxyl groups excluding tert-OH is 3. The summed E-state index contributed by atoms with van der Waals surface area (Å²) in [7, 11) is 0. The first kappa shape index (κ1) is 12.5. The van der Waals surface area contributed by atoms with E-state index in [4.69, 9.17) is 14.3 Å². The lowest BCUT2D eigenvalue weighted by Gasteiger charge is -2.17. The Balaban J connectivity index is 2.09. The Bertz CT molecular complexity index is 448. The molecule has 18 heavy (non-hydrogen) atoms. The minimum absolute atomic E-state index is 0.0301. The lowest BCUT2D eigenvalue weighted by molar-refractivity contribution is -0.148. The number of rotatable bonds is 5. The summed E-state index contributed by atoms with van der Waals surface area (Å²) in [5.74, 6) is -1.44. The number of carbonyl (C=O) groups excluding carboxylic acids is 1. The number of aliphatic hydroxyl groups is 3. The van der Waals surface area contributed by atoms with Gasteiger partial charge in [-0.15, -0.1) is 0 Å². The quantitative estimate of drug-likeness (QED) is 0.628. The predicted octanol–water partition coefficient (Wildman–Crippen LogP) is -0.156. The Kier molecular flexibility index (Phi) is 3.54. The first-order valence-corrected chi connectivity index (χ1v) is 5.21. The van der Waals surface area contributed by atoms with Crippen molar-refractivity contribution in [1.82, 2.24) is 0 Å². The van der Waals surface area contributed by atoms with Crippen LogP contribution in [0.1, 0.15) is 5.76 Å². The maximum atomic E-state index is 11.2. The summed E-state index contributed by atoms with van der Waals surface area (Å²) < 4.78 is 14.9. The second-order valence-corrected chi connectivity index (χ2v) is 3.66. The zero-order chi connectivity index (χ0) is 13.1. The van der Waals surface area contributed by atoms with Crippen molar-refractivity contribution in [2.24, 2.45) is 0 Å². The van der Waals surface area contributed by atoms with Crippen LogP contribution in [0.5, 0.6) is 0 Å². The van der Waals surface area contributed by atoms with Gasteiger partial charge in [0.15, 0.2) is 11.9 Å². The molecule has 0 saturated heterocycles. The van der Waals surface area contributed by atoms with Gasteiger partial charge in [0.25, 0.3) is 0 Å².